The van der Waals surface area contributed by atoms with Crippen molar-refractivity contribution < 1.29 is 26.4 Å². The van der Waals surface area contributed by atoms with E-state index in [1.54, 1.807) is 18.2 Å². The van der Waals surface area contributed by atoms with E-state index in [2.05, 4.69) is 10.0 Å². The van der Waals surface area contributed by atoms with Crippen molar-refractivity contribution in [2.75, 3.05) is 10.0 Å². The zero-order valence-corrected chi connectivity index (χ0v) is 16.5. The van der Waals surface area contributed by atoms with Gasteiger partial charge in [-0.2, -0.15) is 13.2 Å². The third-order valence-electron chi connectivity index (χ3n) is 4.36. The molecule has 0 fully saturated rings. The van der Waals surface area contributed by atoms with Gasteiger partial charge in [-0.15, -0.1) is 0 Å². The Kier molecular flexibility index (Phi) is 5.84. The molecule has 0 aliphatic rings. The average Bonchev–Trinajstić information content (AvgIpc) is 2.69. The van der Waals surface area contributed by atoms with Gasteiger partial charge < -0.3 is 5.32 Å². The Labute approximate surface area is 171 Å². The molecule has 2 N–H and O–H groups in total. The lowest BCUT2D eigenvalue weighted by Gasteiger charge is -2.16. The highest BCUT2D eigenvalue weighted by atomic mass is 32.2. The monoisotopic (exact) mass is 434 g/mol. The summed E-state index contributed by atoms with van der Waals surface area (Å²) in [4.78, 5) is 12.7. The van der Waals surface area contributed by atoms with Gasteiger partial charge in [0.15, 0.2) is 0 Å². The van der Waals surface area contributed by atoms with Crippen molar-refractivity contribution in [3.8, 4) is 0 Å². The van der Waals surface area contributed by atoms with Crippen LogP contribution in [0.1, 0.15) is 21.5 Å². The van der Waals surface area contributed by atoms with Crippen molar-refractivity contribution in [3.05, 3.63) is 89.5 Å². The van der Waals surface area contributed by atoms with Gasteiger partial charge in [0.2, 0.25) is 0 Å². The largest absolute Gasteiger partial charge is 0.418 e. The summed E-state index contributed by atoms with van der Waals surface area (Å²) < 4.78 is 67.0. The molecular formula is C21H17F3N2O3S. The molecule has 0 saturated carbocycles. The second-order valence-electron chi connectivity index (χ2n) is 6.39. The molecule has 1 amide bonds. The minimum atomic E-state index is -4.63. The molecule has 5 nitrogen and oxygen atoms in total. The molecule has 156 valence electrons. The van der Waals surface area contributed by atoms with E-state index >= 15 is 0 Å². The fourth-order valence-electron chi connectivity index (χ4n) is 2.82. The fraction of sp³-hybridized carbons (Fsp3) is 0.0952. The molecule has 0 radical (unpaired) electrons. The molecule has 0 unspecified atom stereocenters. The van der Waals surface area contributed by atoms with Crippen LogP contribution in [0.4, 0.5) is 24.5 Å². The lowest BCUT2D eigenvalue weighted by Crippen LogP contribution is -2.19. The summed E-state index contributed by atoms with van der Waals surface area (Å²) in [5, 5.41) is 2.26. The number of anilines is 2. The number of nitrogens with one attached hydrogen (secondary N) is 2. The number of halogens is 3. The first-order valence-electron chi connectivity index (χ1n) is 8.74. The lowest BCUT2D eigenvalue weighted by atomic mass is 10.1. The van der Waals surface area contributed by atoms with Crippen LogP contribution >= 0.6 is 0 Å². The first-order valence-corrected chi connectivity index (χ1v) is 10.2. The van der Waals surface area contributed by atoms with Crippen LogP contribution in [-0.2, 0) is 16.2 Å². The number of amides is 1. The normalized spacial score (nSPS) is 11.7. The summed E-state index contributed by atoms with van der Waals surface area (Å²) in [6.45, 7) is 1.51. The van der Waals surface area contributed by atoms with Crippen molar-refractivity contribution >= 4 is 27.3 Å². The molecule has 0 aliphatic carbocycles. The third-order valence-corrected chi connectivity index (χ3v) is 5.74. The van der Waals surface area contributed by atoms with Crippen molar-refractivity contribution in [1.29, 1.82) is 0 Å². The Morgan fingerprint density at radius 2 is 1.43 bits per heavy atom. The van der Waals surface area contributed by atoms with E-state index in [1.165, 1.54) is 49.4 Å². The van der Waals surface area contributed by atoms with E-state index in [4.69, 9.17) is 0 Å². The van der Waals surface area contributed by atoms with Crippen LogP contribution in [0.15, 0.2) is 77.7 Å². The van der Waals surface area contributed by atoms with E-state index < -0.39 is 27.7 Å². The molecule has 0 heterocycles. The number of alkyl halides is 3. The Hall–Kier alpha value is -3.33. The maximum atomic E-state index is 13.2. The summed E-state index contributed by atoms with van der Waals surface area (Å²) >= 11 is 0. The maximum Gasteiger partial charge on any atom is 0.418 e. The molecule has 0 atom stereocenters. The number of para-hydroxylation sites is 1. The summed E-state index contributed by atoms with van der Waals surface area (Å²) in [7, 11) is -3.89. The number of rotatable bonds is 5. The lowest BCUT2D eigenvalue weighted by molar-refractivity contribution is -0.136. The Balaban J connectivity index is 1.90. The van der Waals surface area contributed by atoms with Crippen molar-refractivity contribution in [2.45, 2.75) is 18.0 Å². The minimum Gasteiger partial charge on any atom is -0.321 e. The van der Waals surface area contributed by atoms with Gasteiger partial charge in [-0.05, 0) is 48.9 Å². The van der Waals surface area contributed by atoms with Crippen LogP contribution in [0.3, 0.4) is 0 Å². The first-order chi connectivity index (χ1) is 14.1. The summed E-state index contributed by atoms with van der Waals surface area (Å²) in [6.07, 6.45) is -4.63. The molecule has 3 aromatic rings. The standard InChI is InChI=1S/C21H17F3N2O3S/c1-14-16(20(27)25-19-12-6-5-11-17(19)21(22,23)24)10-7-13-18(14)26-30(28,29)15-8-3-2-4-9-15/h2-13,26H,1H3,(H,25,27). The number of benzene rings is 3. The molecule has 30 heavy (non-hydrogen) atoms. The first kappa shape index (κ1) is 21.4. The van der Waals surface area contributed by atoms with Crippen LogP contribution in [0.2, 0.25) is 0 Å². The average molecular weight is 434 g/mol. The molecular weight excluding hydrogens is 417 g/mol. The summed E-state index contributed by atoms with van der Waals surface area (Å²) in [5.74, 6) is -0.787. The molecule has 9 heteroatoms. The van der Waals surface area contributed by atoms with Crippen LogP contribution in [0.25, 0.3) is 0 Å². The van der Waals surface area contributed by atoms with Crippen molar-refractivity contribution in [2.24, 2.45) is 0 Å². The van der Waals surface area contributed by atoms with E-state index in [0.29, 0.717) is 0 Å². The zero-order chi connectivity index (χ0) is 21.9. The fourth-order valence-corrected chi connectivity index (χ4v) is 3.97. The van der Waals surface area contributed by atoms with E-state index in [1.807, 2.05) is 0 Å². The van der Waals surface area contributed by atoms with Gasteiger partial charge >= 0.3 is 6.18 Å². The predicted molar refractivity (Wildman–Crippen MR) is 108 cm³/mol. The highest BCUT2D eigenvalue weighted by Crippen LogP contribution is 2.35. The van der Waals surface area contributed by atoms with E-state index in [9.17, 15) is 26.4 Å². The Morgan fingerprint density at radius 1 is 0.833 bits per heavy atom. The Bertz CT molecular complexity index is 1180. The highest BCUT2D eigenvalue weighted by Gasteiger charge is 2.33. The number of hydrogen-bond donors (Lipinski definition) is 2. The number of carbonyl (C=O) groups is 1. The quantitative estimate of drug-likeness (QED) is 0.589. The molecule has 0 spiro atoms. The zero-order valence-electron chi connectivity index (χ0n) is 15.7. The molecule has 3 aromatic carbocycles. The number of carbonyl (C=O) groups excluding carboxylic acids is 1. The van der Waals surface area contributed by atoms with Gasteiger partial charge in [0.05, 0.1) is 21.8 Å². The molecule has 0 saturated heterocycles. The Morgan fingerprint density at radius 3 is 2.10 bits per heavy atom. The van der Waals surface area contributed by atoms with Crippen LogP contribution in [0, 0.1) is 6.92 Å². The van der Waals surface area contributed by atoms with Gasteiger partial charge in [0, 0.05) is 5.56 Å². The third kappa shape index (κ3) is 4.62. The molecule has 0 aliphatic heterocycles. The topological polar surface area (TPSA) is 75.3 Å². The molecule has 0 bridgehead atoms. The van der Waals surface area contributed by atoms with Gasteiger partial charge in [-0.3, -0.25) is 9.52 Å². The minimum absolute atomic E-state index is 0.0401. The highest BCUT2D eigenvalue weighted by molar-refractivity contribution is 7.92. The second-order valence-corrected chi connectivity index (χ2v) is 8.08. The smallest absolute Gasteiger partial charge is 0.321 e. The van der Waals surface area contributed by atoms with Crippen LogP contribution in [-0.4, -0.2) is 14.3 Å². The molecule has 0 aromatic heterocycles. The number of hydrogen-bond acceptors (Lipinski definition) is 3. The van der Waals surface area contributed by atoms with E-state index in [-0.39, 0.29) is 27.4 Å². The maximum absolute atomic E-state index is 13.2. The second kappa shape index (κ2) is 8.19. The van der Waals surface area contributed by atoms with Gasteiger partial charge in [0.1, 0.15) is 0 Å². The van der Waals surface area contributed by atoms with Gasteiger partial charge in [-0.25, -0.2) is 8.42 Å². The van der Waals surface area contributed by atoms with Gasteiger partial charge in [0.25, 0.3) is 15.9 Å². The van der Waals surface area contributed by atoms with Crippen LogP contribution in [0.5, 0.6) is 0 Å². The SMILES string of the molecule is Cc1c(NS(=O)(=O)c2ccccc2)cccc1C(=O)Nc1ccccc1C(F)(F)F. The number of sulfonamides is 1. The van der Waals surface area contributed by atoms with Crippen molar-refractivity contribution in [3.63, 3.8) is 0 Å². The van der Waals surface area contributed by atoms with E-state index in [0.717, 1.165) is 12.1 Å². The van der Waals surface area contributed by atoms with Crippen molar-refractivity contribution in [1.82, 2.24) is 0 Å². The van der Waals surface area contributed by atoms with Crippen LogP contribution < -0.4 is 10.0 Å². The predicted octanol–water partition coefficient (Wildman–Crippen LogP) is 5.07. The van der Waals surface area contributed by atoms with Gasteiger partial charge in [-0.1, -0.05) is 36.4 Å². The summed E-state index contributed by atoms with van der Waals surface area (Å²) in [6, 6.07) is 16.6. The summed E-state index contributed by atoms with van der Waals surface area (Å²) in [5.41, 5.74) is -0.892. The molecule has 3 rings (SSSR count).